The summed E-state index contributed by atoms with van der Waals surface area (Å²) in [6.07, 6.45) is 3.48. The van der Waals surface area contributed by atoms with Gasteiger partial charge in [0.05, 0.1) is 5.69 Å². The highest BCUT2D eigenvalue weighted by Crippen LogP contribution is 2.20. The minimum atomic E-state index is -0.384. The number of piperidine rings is 1. The minimum absolute atomic E-state index is 0.254. The molecular weight excluding hydrogens is 167 g/mol. The van der Waals surface area contributed by atoms with Gasteiger partial charge in [-0.1, -0.05) is 12.5 Å². The summed E-state index contributed by atoms with van der Waals surface area (Å²) in [6.45, 7) is 1.02. The Bertz CT molecular complexity index is 282. The first-order valence-electron chi connectivity index (χ1n) is 4.72. The smallest absolute Gasteiger partial charge is 0.213 e. The summed E-state index contributed by atoms with van der Waals surface area (Å²) in [4.78, 5) is 3.87. The van der Waals surface area contributed by atoms with Gasteiger partial charge in [-0.3, -0.25) is 0 Å². The minimum Gasteiger partial charge on any atom is -0.309 e. The lowest BCUT2D eigenvalue weighted by Gasteiger charge is -2.22. The van der Waals surface area contributed by atoms with Crippen LogP contribution in [0.25, 0.3) is 0 Å². The summed E-state index contributed by atoms with van der Waals surface area (Å²) in [5, 5.41) is 3.33. The first-order chi connectivity index (χ1) is 6.36. The molecule has 1 aromatic heterocycles. The quantitative estimate of drug-likeness (QED) is 0.669. The third-order valence-corrected chi connectivity index (χ3v) is 2.40. The van der Waals surface area contributed by atoms with E-state index in [-0.39, 0.29) is 12.0 Å². The summed E-state index contributed by atoms with van der Waals surface area (Å²) in [6, 6.07) is 5.23. The molecule has 0 saturated carbocycles. The molecule has 70 valence electrons. The molecule has 0 radical (unpaired) electrons. The zero-order chi connectivity index (χ0) is 9.10. The average molecular weight is 180 g/mol. The molecule has 0 aliphatic carbocycles. The predicted molar refractivity (Wildman–Crippen MR) is 48.8 cm³/mol. The van der Waals surface area contributed by atoms with Gasteiger partial charge in [0.2, 0.25) is 5.95 Å². The third-order valence-electron chi connectivity index (χ3n) is 2.40. The molecule has 1 atom stereocenters. The molecule has 1 aliphatic heterocycles. The van der Waals surface area contributed by atoms with E-state index in [1.54, 1.807) is 6.07 Å². The number of halogens is 1. The van der Waals surface area contributed by atoms with Crippen LogP contribution in [0.15, 0.2) is 18.2 Å². The third kappa shape index (κ3) is 2.04. The molecule has 1 aliphatic rings. The molecule has 1 saturated heterocycles. The summed E-state index contributed by atoms with van der Waals surface area (Å²) in [5.41, 5.74) is 0.833. The van der Waals surface area contributed by atoms with E-state index in [0.717, 1.165) is 18.7 Å². The largest absolute Gasteiger partial charge is 0.309 e. The highest BCUT2D eigenvalue weighted by Gasteiger charge is 2.15. The van der Waals surface area contributed by atoms with Crippen molar-refractivity contribution < 1.29 is 4.39 Å². The van der Waals surface area contributed by atoms with E-state index < -0.39 is 0 Å². The van der Waals surface area contributed by atoms with Crippen LogP contribution in [0.2, 0.25) is 0 Å². The molecule has 3 heteroatoms. The van der Waals surface area contributed by atoms with Gasteiger partial charge in [-0.05, 0) is 31.5 Å². The van der Waals surface area contributed by atoms with Gasteiger partial charge in [-0.15, -0.1) is 0 Å². The number of aromatic nitrogens is 1. The van der Waals surface area contributed by atoms with Crippen molar-refractivity contribution in [1.82, 2.24) is 10.3 Å². The van der Waals surface area contributed by atoms with E-state index in [2.05, 4.69) is 10.3 Å². The molecule has 0 amide bonds. The van der Waals surface area contributed by atoms with Crippen molar-refractivity contribution >= 4 is 0 Å². The Balaban J connectivity index is 2.14. The highest BCUT2D eigenvalue weighted by molar-refractivity contribution is 5.10. The number of nitrogens with one attached hydrogen (secondary N) is 1. The average Bonchev–Trinajstić information content (AvgIpc) is 2.19. The fourth-order valence-corrected chi connectivity index (χ4v) is 1.72. The summed E-state index contributed by atoms with van der Waals surface area (Å²) >= 11 is 0. The van der Waals surface area contributed by atoms with Gasteiger partial charge in [0.1, 0.15) is 0 Å². The Morgan fingerprint density at radius 1 is 1.38 bits per heavy atom. The molecule has 1 N–H and O–H groups in total. The van der Waals surface area contributed by atoms with Gasteiger partial charge in [0.25, 0.3) is 0 Å². The highest BCUT2D eigenvalue weighted by atomic mass is 19.1. The fraction of sp³-hybridized carbons (Fsp3) is 0.500. The Hall–Kier alpha value is -0.960. The molecular formula is C10H13FN2. The first kappa shape index (κ1) is 8.63. The van der Waals surface area contributed by atoms with Crippen LogP contribution in [0.3, 0.4) is 0 Å². The van der Waals surface area contributed by atoms with E-state index >= 15 is 0 Å². The molecule has 2 nitrogen and oxygen atoms in total. The Labute approximate surface area is 77.2 Å². The monoisotopic (exact) mass is 180 g/mol. The Morgan fingerprint density at radius 2 is 2.31 bits per heavy atom. The van der Waals surface area contributed by atoms with E-state index in [1.165, 1.54) is 18.9 Å². The molecule has 0 aromatic carbocycles. The van der Waals surface area contributed by atoms with Crippen LogP contribution < -0.4 is 5.32 Å². The Morgan fingerprint density at radius 3 is 3.00 bits per heavy atom. The van der Waals surface area contributed by atoms with Crippen LogP contribution >= 0.6 is 0 Å². The van der Waals surface area contributed by atoms with Crippen molar-refractivity contribution in [1.29, 1.82) is 0 Å². The predicted octanol–water partition coefficient (Wildman–Crippen LogP) is 2.04. The number of hydrogen-bond acceptors (Lipinski definition) is 2. The maximum absolute atomic E-state index is 12.8. The molecule has 0 bridgehead atoms. The van der Waals surface area contributed by atoms with Crippen molar-refractivity contribution in [3.05, 3.63) is 29.8 Å². The molecule has 1 aromatic rings. The van der Waals surface area contributed by atoms with Crippen molar-refractivity contribution in [2.75, 3.05) is 6.54 Å². The lowest BCUT2D eigenvalue weighted by atomic mass is 10.0. The van der Waals surface area contributed by atoms with Crippen LogP contribution in [0.4, 0.5) is 4.39 Å². The summed E-state index contributed by atoms with van der Waals surface area (Å²) < 4.78 is 12.8. The van der Waals surface area contributed by atoms with Crippen LogP contribution in [-0.4, -0.2) is 11.5 Å². The second-order valence-corrected chi connectivity index (χ2v) is 3.39. The molecule has 0 spiro atoms. The van der Waals surface area contributed by atoms with Gasteiger partial charge in [0, 0.05) is 6.04 Å². The molecule has 2 heterocycles. The van der Waals surface area contributed by atoms with Crippen LogP contribution in [-0.2, 0) is 0 Å². The summed E-state index contributed by atoms with van der Waals surface area (Å²) in [7, 11) is 0. The second-order valence-electron chi connectivity index (χ2n) is 3.39. The number of hydrogen-bond donors (Lipinski definition) is 1. The fourth-order valence-electron chi connectivity index (χ4n) is 1.72. The van der Waals surface area contributed by atoms with Crippen molar-refractivity contribution in [2.45, 2.75) is 25.3 Å². The molecule has 13 heavy (non-hydrogen) atoms. The number of nitrogens with zero attached hydrogens (tertiary/aromatic N) is 1. The lowest BCUT2D eigenvalue weighted by Crippen LogP contribution is -2.27. The Kier molecular flexibility index (Phi) is 2.54. The van der Waals surface area contributed by atoms with Gasteiger partial charge >= 0.3 is 0 Å². The van der Waals surface area contributed by atoms with Crippen molar-refractivity contribution in [2.24, 2.45) is 0 Å². The van der Waals surface area contributed by atoms with Gasteiger partial charge in [0.15, 0.2) is 0 Å². The van der Waals surface area contributed by atoms with E-state index in [0.29, 0.717) is 0 Å². The molecule has 1 fully saturated rings. The van der Waals surface area contributed by atoms with Crippen molar-refractivity contribution in [3.8, 4) is 0 Å². The molecule has 2 rings (SSSR count). The van der Waals surface area contributed by atoms with Crippen LogP contribution in [0.5, 0.6) is 0 Å². The maximum atomic E-state index is 12.8. The zero-order valence-electron chi connectivity index (χ0n) is 7.46. The molecule has 0 unspecified atom stereocenters. The first-order valence-corrected chi connectivity index (χ1v) is 4.72. The topological polar surface area (TPSA) is 24.9 Å². The van der Waals surface area contributed by atoms with Crippen LogP contribution in [0.1, 0.15) is 31.0 Å². The zero-order valence-corrected chi connectivity index (χ0v) is 7.46. The lowest BCUT2D eigenvalue weighted by molar-refractivity contribution is 0.400. The number of pyridine rings is 1. The standard InChI is InChI=1S/C10H13FN2/c11-10-6-3-5-9(13-10)8-4-1-2-7-12-8/h3,5-6,8,12H,1-2,4,7H2/t8-/m0/s1. The summed E-state index contributed by atoms with van der Waals surface area (Å²) in [5.74, 6) is -0.384. The van der Waals surface area contributed by atoms with E-state index in [4.69, 9.17) is 0 Å². The second kappa shape index (κ2) is 3.83. The van der Waals surface area contributed by atoms with E-state index in [9.17, 15) is 4.39 Å². The van der Waals surface area contributed by atoms with Gasteiger partial charge in [-0.25, -0.2) is 4.98 Å². The van der Waals surface area contributed by atoms with Crippen molar-refractivity contribution in [3.63, 3.8) is 0 Å². The van der Waals surface area contributed by atoms with Gasteiger partial charge < -0.3 is 5.32 Å². The van der Waals surface area contributed by atoms with Crippen LogP contribution in [0, 0.1) is 5.95 Å². The normalized spacial score (nSPS) is 23.0. The maximum Gasteiger partial charge on any atom is 0.213 e. The SMILES string of the molecule is Fc1cccc([C@@H]2CCCCN2)n1. The van der Waals surface area contributed by atoms with Gasteiger partial charge in [-0.2, -0.15) is 4.39 Å². The number of rotatable bonds is 1. The van der Waals surface area contributed by atoms with E-state index in [1.807, 2.05) is 6.07 Å².